The Hall–Kier alpha value is -1.71. The molecule has 3 heteroatoms. The number of nitrogens with one attached hydrogen (secondary N) is 1. The first-order valence-electron chi connectivity index (χ1n) is 8.13. The van der Waals surface area contributed by atoms with E-state index in [0.717, 1.165) is 37.6 Å². The van der Waals surface area contributed by atoms with Crippen LogP contribution in [-0.2, 0) is 13.1 Å². The molecule has 2 aromatic rings. The smallest absolute Gasteiger partial charge is 0.0544 e. The number of hydrogen-bond acceptors (Lipinski definition) is 3. The van der Waals surface area contributed by atoms with Crippen LogP contribution in [0.5, 0.6) is 0 Å². The minimum Gasteiger partial charge on any atom is -0.307 e. The van der Waals surface area contributed by atoms with Gasteiger partial charge in [0, 0.05) is 37.9 Å². The van der Waals surface area contributed by atoms with Crippen molar-refractivity contribution in [3.8, 4) is 0 Å². The lowest BCUT2D eigenvalue weighted by Crippen LogP contribution is -2.35. The molecule has 2 unspecified atom stereocenters. The third kappa shape index (κ3) is 3.93. The molecule has 1 aromatic heterocycles. The molecule has 22 heavy (non-hydrogen) atoms. The maximum atomic E-state index is 4.57. The van der Waals surface area contributed by atoms with Gasteiger partial charge in [-0.05, 0) is 30.5 Å². The standard InChI is InChI=1S/C19H25N3/c1-15-12-22(13-17-8-4-3-5-9-17)14-19(15)20-11-18-10-6-7-16(2)21-18/h3-10,15,19-20H,11-14H2,1-2H3. The van der Waals surface area contributed by atoms with E-state index >= 15 is 0 Å². The predicted molar refractivity (Wildman–Crippen MR) is 90.5 cm³/mol. The van der Waals surface area contributed by atoms with Gasteiger partial charge in [-0.2, -0.15) is 0 Å². The normalized spacial score (nSPS) is 22.1. The maximum absolute atomic E-state index is 4.57. The molecule has 2 atom stereocenters. The van der Waals surface area contributed by atoms with Crippen molar-refractivity contribution in [2.45, 2.75) is 33.0 Å². The van der Waals surface area contributed by atoms with Gasteiger partial charge in [-0.3, -0.25) is 9.88 Å². The SMILES string of the molecule is Cc1cccc(CNC2CN(Cc3ccccc3)CC2C)n1. The van der Waals surface area contributed by atoms with Gasteiger partial charge >= 0.3 is 0 Å². The van der Waals surface area contributed by atoms with E-state index in [1.165, 1.54) is 5.56 Å². The Bertz CT molecular complexity index is 597. The van der Waals surface area contributed by atoms with Gasteiger partial charge in [-0.15, -0.1) is 0 Å². The summed E-state index contributed by atoms with van der Waals surface area (Å²) in [5, 5.41) is 3.69. The largest absolute Gasteiger partial charge is 0.307 e. The van der Waals surface area contributed by atoms with Crippen LogP contribution in [0.25, 0.3) is 0 Å². The van der Waals surface area contributed by atoms with Crippen LogP contribution in [0.15, 0.2) is 48.5 Å². The second-order valence-corrected chi connectivity index (χ2v) is 6.41. The molecule has 1 fully saturated rings. The second-order valence-electron chi connectivity index (χ2n) is 6.41. The zero-order valence-electron chi connectivity index (χ0n) is 13.5. The third-order valence-electron chi connectivity index (χ3n) is 4.43. The van der Waals surface area contributed by atoms with Gasteiger partial charge in [0.15, 0.2) is 0 Å². The van der Waals surface area contributed by atoms with Crippen molar-refractivity contribution < 1.29 is 0 Å². The van der Waals surface area contributed by atoms with Crippen molar-refractivity contribution in [1.29, 1.82) is 0 Å². The van der Waals surface area contributed by atoms with Gasteiger partial charge in [-0.25, -0.2) is 0 Å². The van der Waals surface area contributed by atoms with Crippen molar-refractivity contribution >= 4 is 0 Å². The Labute approximate surface area is 133 Å². The van der Waals surface area contributed by atoms with Crippen molar-refractivity contribution in [2.24, 2.45) is 5.92 Å². The number of hydrogen-bond donors (Lipinski definition) is 1. The van der Waals surface area contributed by atoms with Crippen molar-refractivity contribution in [3.63, 3.8) is 0 Å². The second kappa shape index (κ2) is 7.03. The van der Waals surface area contributed by atoms with Gasteiger partial charge in [-0.1, -0.05) is 43.3 Å². The summed E-state index contributed by atoms with van der Waals surface area (Å²) in [4.78, 5) is 7.11. The monoisotopic (exact) mass is 295 g/mol. The van der Waals surface area contributed by atoms with E-state index in [1.54, 1.807) is 0 Å². The lowest BCUT2D eigenvalue weighted by atomic mass is 10.1. The Balaban J connectivity index is 1.52. The highest BCUT2D eigenvalue weighted by Gasteiger charge is 2.28. The minimum absolute atomic E-state index is 0.547. The number of aromatic nitrogens is 1. The first kappa shape index (κ1) is 15.2. The van der Waals surface area contributed by atoms with Crippen LogP contribution in [0.1, 0.15) is 23.9 Å². The molecule has 0 amide bonds. The van der Waals surface area contributed by atoms with Gasteiger partial charge in [0.05, 0.1) is 5.69 Å². The molecule has 116 valence electrons. The fourth-order valence-corrected chi connectivity index (χ4v) is 3.24. The molecule has 3 nitrogen and oxygen atoms in total. The first-order valence-corrected chi connectivity index (χ1v) is 8.13. The van der Waals surface area contributed by atoms with Crippen LogP contribution in [0.4, 0.5) is 0 Å². The van der Waals surface area contributed by atoms with Crippen LogP contribution < -0.4 is 5.32 Å². The van der Waals surface area contributed by atoms with E-state index in [1.807, 2.05) is 13.0 Å². The summed E-state index contributed by atoms with van der Waals surface area (Å²) in [6.45, 7) is 8.56. The molecule has 3 rings (SSSR count). The summed E-state index contributed by atoms with van der Waals surface area (Å²) in [5.41, 5.74) is 3.62. The van der Waals surface area contributed by atoms with Gasteiger partial charge in [0.2, 0.25) is 0 Å². The maximum Gasteiger partial charge on any atom is 0.0544 e. The Kier molecular flexibility index (Phi) is 4.86. The number of pyridine rings is 1. The lowest BCUT2D eigenvalue weighted by molar-refractivity contribution is 0.316. The van der Waals surface area contributed by atoms with Crippen LogP contribution in [0, 0.1) is 12.8 Å². The van der Waals surface area contributed by atoms with Gasteiger partial charge < -0.3 is 5.32 Å². The predicted octanol–water partition coefficient (Wildman–Crippen LogP) is 3.00. The molecule has 1 aliphatic rings. The van der Waals surface area contributed by atoms with Crippen molar-refractivity contribution in [3.05, 3.63) is 65.5 Å². The van der Waals surface area contributed by atoms with E-state index in [2.05, 4.69) is 64.6 Å². The highest BCUT2D eigenvalue weighted by molar-refractivity contribution is 5.15. The molecular weight excluding hydrogens is 270 g/mol. The number of likely N-dealkylation sites (tertiary alicyclic amines) is 1. The number of nitrogens with zero attached hydrogens (tertiary/aromatic N) is 2. The summed E-state index contributed by atoms with van der Waals surface area (Å²) in [6, 6.07) is 17.5. The minimum atomic E-state index is 0.547. The van der Waals surface area contributed by atoms with E-state index in [0.29, 0.717) is 12.0 Å². The average Bonchev–Trinajstić information content (AvgIpc) is 2.86. The zero-order chi connectivity index (χ0) is 15.4. The van der Waals surface area contributed by atoms with Crippen LogP contribution in [0.3, 0.4) is 0 Å². The summed E-state index contributed by atoms with van der Waals surface area (Å²) in [5.74, 6) is 0.675. The Morgan fingerprint density at radius 2 is 1.91 bits per heavy atom. The lowest BCUT2D eigenvalue weighted by Gasteiger charge is -2.17. The molecular formula is C19H25N3. The molecule has 1 N–H and O–H groups in total. The van der Waals surface area contributed by atoms with Crippen LogP contribution >= 0.6 is 0 Å². The first-order chi connectivity index (χ1) is 10.7. The fourth-order valence-electron chi connectivity index (χ4n) is 3.24. The molecule has 0 spiro atoms. The summed E-state index contributed by atoms with van der Waals surface area (Å²) < 4.78 is 0. The van der Waals surface area contributed by atoms with Gasteiger partial charge in [0.1, 0.15) is 0 Å². The number of aryl methyl sites for hydroxylation is 1. The summed E-state index contributed by atoms with van der Waals surface area (Å²) >= 11 is 0. The van der Waals surface area contributed by atoms with E-state index < -0.39 is 0 Å². The van der Waals surface area contributed by atoms with E-state index in [9.17, 15) is 0 Å². The topological polar surface area (TPSA) is 28.2 Å². The number of benzene rings is 1. The molecule has 1 aromatic carbocycles. The number of rotatable bonds is 5. The van der Waals surface area contributed by atoms with E-state index in [-0.39, 0.29) is 0 Å². The molecule has 0 bridgehead atoms. The molecule has 2 heterocycles. The highest BCUT2D eigenvalue weighted by Crippen LogP contribution is 2.19. The van der Waals surface area contributed by atoms with Gasteiger partial charge in [0.25, 0.3) is 0 Å². The quantitative estimate of drug-likeness (QED) is 0.919. The summed E-state index contributed by atoms with van der Waals surface area (Å²) in [6.07, 6.45) is 0. The molecule has 0 saturated carbocycles. The summed E-state index contributed by atoms with van der Waals surface area (Å²) in [7, 11) is 0. The van der Waals surface area contributed by atoms with Crippen molar-refractivity contribution in [1.82, 2.24) is 15.2 Å². The fraction of sp³-hybridized carbons (Fsp3) is 0.421. The Morgan fingerprint density at radius 1 is 1.09 bits per heavy atom. The molecule has 1 aliphatic heterocycles. The third-order valence-corrected chi connectivity index (χ3v) is 4.43. The molecule has 0 aliphatic carbocycles. The van der Waals surface area contributed by atoms with Crippen LogP contribution in [0.2, 0.25) is 0 Å². The zero-order valence-corrected chi connectivity index (χ0v) is 13.5. The molecule has 0 radical (unpaired) electrons. The Morgan fingerprint density at radius 3 is 2.68 bits per heavy atom. The van der Waals surface area contributed by atoms with Crippen molar-refractivity contribution in [2.75, 3.05) is 13.1 Å². The van der Waals surface area contributed by atoms with E-state index in [4.69, 9.17) is 0 Å². The highest BCUT2D eigenvalue weighted by atomic mass is 15.2. The average molecular weight is 295 g/mol. The molecule has 1 saturated heterocycles. The van der Waals surface area contributed by atoms with Crippen LogP contribution in [-0.4, -0.2) is 29.0 Å².